The maximum absolute atomic E-state index is 13.9. The monoisotopic (exact) mass is 632 g/mol. The van der Waals surface area contributed by atoms with Crippen molar-refractivity contribution in [3.8, 4) is 33.5 Å². The lowest BCUT2D eigenvalue weighted by Crippen LogP contribution is -2.31. The van der Waals surface area contributed by atoms with E-state index in [1.54, 1.807) is 42.5 Å². The van der Waals surface area contributed by atoms with Gasteiger partial charge in [-0.2, -0.15) is 10.4 Å². The van der Waals surface area contributed by atoms with Crippen molar-refractivity contribution < 1.29 is 9.21 Å². The first-order valence-corrected chi connectivity index (χ1v) is 15.1. The van der Waals surface area contributed by atoms with Crippen LogP contribution in [0.15, 0.2) is 100 Å². The number of fused-ring (bicyclic) bond motifs is 2. The first-order chi connectivity index (χ1) is 21.4. The van der Waals surface area contributed by atoms with Crippen molar-refractivity contribution in [2.75, 3.05) is 5.32 Å². The third kappa shape index (κ3) is 4.77. The molecule has 0 aliphatic heterocycles. The molecule has 9 nitrogen and oxygen atoms in total. The van der Waals surface area contributed by atoms with Crippen molar-refractivity contribution in [1.82, 2.24) is 14.8 Å². The number of carbonyl (C=O) groups is 1. The van der Waals surface area contributed by atoms with Gasteiger partial charge < -0.3 is 9.73 Å². The van der Waals surface area contributed by atoms with Crippen molar-refractivity contribution >= 4 is 65.7 Å². The molecule has 4 aromatic heterocycles. The van der Waals surface area contributed by atoms with Gasteiger partial charge in [0, 0.05) is 16.0 Å². The molecule has 3 aromatic carbocycles. The third-order valence-electron chi connectivity index (χ3n) is 6.87. The SMILES string of the molecule is N#Cc1c(NC(=O)c2c(-c3ccccc3)cnn(-c3ccc(Cl)cc3)c2=N)sc2sc(-c3cc4ccccc4oc3=O)nc12. The predicted octanol–water partition coefficient (Wildman–Crippen LogP) is 7.24. The number of para-hydroxylation sites is 1. The van der Waals surface area contributed by atoms with Crippen molar-refractivity contribution in [3.63, 3.8) is 0 Å². The molecule has 12 heteroatoms. The number of nitrogens with zero attached hydrogens (tertiary/aromatic N) is 4. The molecule has 0 atom stereocenters. The summed E-state index contributed by atoms with van der Waals surface area (Å²) in [6.07, 6.45) is 1.54. The molecule has 0 fully saturated rings. The number of thiophene rings is 1. The Hall–Kier alpha value is -5.41. The van der Waals surface area contributed by atoms with E-state index in [0.717, 1.165) is 5.39 Å². The molecule has 0 aliphatic rings. The molecule has 4 heterocycles. The van der Waals surface area contributed by atoms with Crippen molar-refractivity contribution in [1.29, 1.82) is 10.7 Å². The second-order valence-electron chi connectivity index (χ2n) is 9.55. The van der Waals surface area contributed by atoms with Gasteiger partial charge in [0.15, 0.2) is 5.49 Å². The van der Waals surface area contributed by atoms with Gasteiger partial charge in [-0.1, -0.05) is 60.1 Å². The molecule has 7 aromatic rings. The highest BCUT2D eigenvalue weighted by Gasteiger charge is 2.24. The normalized spacial score (nSPS) is 11.1. The fourth-order valence-corrected chi connectivity index (χ4v) is 7.19. The van der Waals surface area contributed by atoms with Crippen LogP contribution in [-0.2, 0) is 0 Å². The molecule has 212 valence electrons. The predicted molar refractivity (Wildman–Crippen MR) is 172 cm³/mol. The highest BCUT2D eigenvalue weighted by atomic mass is 35.5. The average Bonchev–Trinajstić information content (AvgIpc) is 3.58. The minimum Gasteiger partial charge on any atom is -0.422 e. The van der Waals surface area contributed by atoms with Crippen LogP contribution >= 0.6 is 34.3 Å². The number of anilines is 1. The molecule has 0 bridgehead atoms. The molecular formula is C32H17ClN6O3S2. The van der Waals surface area contributed by atoms with Gasteiger partial charge in [0.25, 0.3) is 5.91 Å². The van der Waals surface area contributed by atoms with Crippen molar-refractivity contribution in [2.45, 2.75) is 0 Å². The standard InChI is InChI=1S/C32H17ClN6O3S2/c33-19-10-12-20(13-11-19)39-27(35)25(23(16-36-39)17-6-2-1-3-7-17)28(40)38-30-22(15-34)26-32(44-30)43-29(37-26)21-14-18-8-4-5-9-24(18)42-31(21)41/h1-14,16,35H,(H,38,40). The van der Waals surface area contributed by atoms with Gasteiger partial charge in [-0.25, -0.2) is 14.5 Å². The van der Waals surface area contributed by atoms with Crippen LogP contribution in [-0.4, -0.2) is 20.7 Å². The Balaban J connectivity index is 1.30. The summed E-state index contributed by atoms with van der Waals surface area (Å²) in [6, 6.07) is 27.0. The van der Waals surface area contributed by atoms with E-state index < -0.39 is 11.5 Å². The lowest BCUT2D eigenvalue weighted by atomic mass is 10.0. The van der Waals surface area contributed by atoms with E-state index in [2.05, 4.69) is 21.5 Å². The fourth-order valence-electron chi connectivity index (χ4n) is 4.78. The zero-order valence-electron chi connectivity index (χ0n) is 22.4. The van der Waals surface area contributed by atoms with Crippen LogP contribution in [0.25, 0.3) is 47.9 Å². The highest BCUT2D eigenvalue weighted by molar-refractivity contribution is 7.41. The van der Waals surface area contributed by atoms with Gasteiger partial charge in [-0.15, -0.1) is 22.7 Å². The topological polar surface area (TPSA) is 138 Å². The number of benzene rings is 3. The van der Waals surface area contributed by atoms with Crippen molar-refractivity contribution in [2.24, 2.45) is 0 Å². The fraction of sp³-hybridized carbons (Fsp3) is 0. The average molecular weight is 633 g/mol. The van der Waals surface area contributed by atoms with Crippen LogP contribution in [0, 0.1) is 16.7 Å². The Bertz CT molecular complexity index is 2400. The highest BCUT2D eigenvalue weighted by Crippen LogP contribution is 2.41. The molecule has 0 unspecified atom stereocenters. The van der Waals surface area contributed by atoms with Gasteiger partial charge in [0.1, 0.15) is 36.8 Å². The zero-order valence-corrected chi connectivity index (χ0v) is 24.8. The van der Waals surface area contributed by atoms with Gasteiger partial charge >= 0.3 is 5.63 Å². The van der Waals surface area contributed by atoms with E-state index in [1.165, 1.54) is 33.6 Å². The number of carbonyl (C=O) groups excluding carboxylic acids is 1. The summed E-state index contributed by atoms with van der Waals surface area (Å²) in [5.41, 5.74) is 2.42. The van der Waals surface area contributed by atoms with Gasteiger partial charge in [-0.05, 0) is 42.0 Å². The van der Waals surface area contributed by atoms with Crippen molar-refractivity contribution in [3.05, 3.63) is 123 Å². The molecule has 0 radical (unpaired) electrons. The molecular weight excluding hydrogens is 616 g/mol. The molecule has 0 saturated carbocycles. The third-order valence-corrected chi connectivity index (χ3v) is 9.39. The molecule has 2 N–H and O–H groups in total. The first kappa shape index (κ1) is 27.4. The summed E-state index contributed by atoms with van der Waals surface area (Å²) < 4.78 is 7.47. The molecule has 0 spiro atoms. The Kier molecular flexibility index (Phi) is 6.87. The number of nitriles is 1. The van der Waals surface area contributed by atoms with Crippen LogP contribution in [0.3, 0.4) is 0 Å². The molecule has 1 amide bonds. The van der Waals surface area contributed by atoms with Crippen LogP contribution in [0.1, 0.15) is 15.9 Å². The summed E-state index contributed by atoms with van der Waals surface area (Å²) in [5.74, 6) is -0.584. The summed E-state index contributed by atoms with van der Waals surface area (Å²) in [6.45, 7) is 0. The molecule has 0 saturated heterocycles. The largest absolute Gasteiger partial charge is 0.422 e. The minimum absolute atomic E-state index is 0.0733. The van der Waals surface area contributed by atoms with Gasteiger partial charge in [0.05, 0.1) is 23.0 Å². The Morgan fingerprint density at radius 3 is 2.52 bits per heavy atom. The zero-order chi connectivity index (χ0) is 30.4. The van der Waals surface area contributed by atoms with Crippen LogP contribution in [0.4, 0.5) is 5.00 Å². The molecule has 44 heavy (non-hydrogen) atoms. The Morgan fingerprint density at radius 1 is 1.00 bits per heavy atom. The second-order valence-corrected chi connectivity index (χ2v) is 12.3. The summed E-state index contributed by atoms with van der Waals surface area (Å²) >= 11 is 8.46. The van der Waals surface area contributed by atoms with Crippen LogP contribution in [0.2, 0.25) is 5.02 Å². The summed E-state index contributed by atoms with van der Waals surface area (Å²) in [5, 5.41) is 28.4. The van der Waals surface area contributed by atoms with E-state index >= 15 is 0 Å². The minimum atomic E-state index is -0.584. The lowest BCUT2D eigenvalue weighted by Gasteiger charge is -2.14. The second kappa shape index (κ2) is 11.0. The summed E-state index contributed by atoms with van der Waals surface area (Å²) in [7, 11) is 0. The molecule has 7 rings (SSSR count). The number of hydrogen-bond donors (Lipinski definition) is 2. The smallest absolute Gasteiger partial charge is 0.346 e. The molecule has 0 aliphatic carbocycles. The quantitative estimate of drug-likeness (QED) is 0.192. The number of hydrogen-bond acceptors (Lipinski definition) is 9. The lowest BCUT2D eigenvalue weighted by molar-refractivity contribution is 0.102. The van der Waals surface area contributed by atoms with E-state index in [0.29, 0.717) is 47.5 Å². The first-order valence-electron chi connectivity index (χ1n) is 13.1. The van der Waals surface area contributed by atoms with Crippen LogP contribution in [0.5, 0.6) is 0 Å². The number of nitrogens with one attached hydrogen (secondary N) is 2. The Labute approximate surface area is 261 Å². The van der Waals surface area contributed by atoms with Gasteiger partial charge in [0.2, 0.25) is 0 Å². The summed E-state index contributed by atoms with van der Waals surface area (Å²) in [4.78, 5) is 31.3. The van der Waals surface area contributed by atoms with E-state index in [-0.39, 0.29) is 21.6 Å². The van der Waals surface area contributed by atoms with E-state index in [9.17, 15) is 14.9 Å². The van der Waals surface area contributed by atoms with Crippen LogP contribution < -0.4 is 16.4 Å². The number of amides is 1. The maximum atomic E-state index is 13.9. The maximum Gasteiger partial charge on any atom is 0.346 e. The van der Waals surface area contributed by atoms with Gasteiger partial charge in [-0.3, -0.25) is 10.2 Å². The van der Waals surface area contributed by atoms with E-state index in [4.69, 9.17) is 21.4 Å². The number of halogens is 1. The number of thiazole rings is 1. The number of aromatic nitrogens is 3. The number of rotatable bonds is 5. The van der Waals surface area contributed by atoms with E-state index in [1.807, 2.05) is 42.5 Å². The Morgan fingerprint density at radius 2 is 1.75 bits per heavy atom.